The standard InChI is InChI=1S/C33H39N5O2S/c1-36(2)29-15-13-28(14-16-29)31-25-41-32(34-31)35-33(39)38(20-19-37-21-23-40-24-22-37)18-17-30(26-9-5-3-6-10-26)27-11-7-4-8-12-27/h3-16,25,30H,17-24H2,1-2H3,(H,34,35,39). The van der Waals surface area contributed by atoms with Crippen LogP contribution in [0.25, 0.3) is 11.3 Å². The van der Waals surface area contributed by atoms with E-state index in [9.17, 15) is 4.79 Å². The molecular weight excluding hydrogens is 530 g/mol. The number of morpholine rings is 1. The Kier molecular flexibility index (Phi) is 10.0. The number of carbonyl (C=O) groups is 1. The minimum atomic E-state index is -0.109. The number of benzene rings is 3. The van der Waals surface area contributed by atoms with E-state index >= 15 is 0 Å². The van der Waals surface area contributed by atoms with E-state index in [0.29, 0.717) is 18.2 Å². The predicted molar refractivity (Wildman–Crippen MR) is 169 cm³/mol. The van der Waals surface area contributed by atoms with Crippen LogP contribution in [-0.4, -0.2) is 80.8 Å². The maximum atomic E-state index is 13.7. The van der Waals surface area contributed by atoms with Crippen molar-refractivity contribution in [2.24, 2.45) is 0 Å². The van der Waals surface area contributed by atoms with Crippen LogP contribution in [0.15, 0.2) is 90.3 Å². The van der Waals surface area contributed by atoms with Crippen molar-refractivity contribution in [3.8, 4) is 11.3 Å². The van der Waals surface area contributed by atoms with Gasteiger partial charge in [0.25, 0.3) is 0 Å². The Bertz CT molecular complexity index is 1320. The van der Waals surface area contributed by atoms with Crippen LogP contribution in [0.4, 0.5) is 15.6 Å². The fraction of sp³-hybridized carbons (Fsp3) is 0.333. The maximum Gasteiger partial charge on any atom is 0.323 e. The molecule has 0 aliphatic carbocycles. The van der Waals surface area contributed by atoms with Crippen molar-refractivity contribution in [3.63, 3.8) is 0 Å². The number of rotatable bonds is 11. The van der Waals surface area contributed by atoms with E-state index in [1.54, 1.807) is 0 Å². The molecule has 1 aliphatic rings. The molecule has 0 spiro atoms. The zero-order valence-electron chi connectivity index (χ0n) is 23.9. The average Bonchev–Trinajstić information content (AvgIpc) is 3.48. The van der Waals surface area contributed by atoms with Crippen molar-refractivity contribution in [1.29, 1.82) is 0 Å². The molecule has 1 aromatic heterocycles. The number of hydrogen-bond donors (Lipinski definition) is 1. The zero-order valence-corrected chi connectivity index (χ0v) is 24.7. The molecular formula is C33H39N5O2S. The molecule has 5 rings (SSSR count). The van der Waals surface area contributed by atoms with E-state index < -0.39 is 0 Å². The van der Waals surface area contributed by atoms with Crippen LogP contribution in [0.3, 0.4) is 0 Å². The lowest BCUT2D eigenvalue weighted by Crippen LogP contribution is -2.44. The van der Waals surface area contributed by atoms with E-state index in [2.05, 4.69) is 87.9 Å². The molecule has 2 heterocycles. The fourth-order valence-corrected chi connectivity index (χ4v) is 5.86. The highest BCUT2D eigenvalue weighted by atomic mass is 32.1. The Morgan fingerprint density at radius 2 is 1.56 bits per heavy atom. The van der Waals surface area contributed by atoms with Crippen molar-refractivity contribution in [2.75, 3.05) is 70.2 Å². The van der Waals surface area contributed by atoms with Crippen molar-refractivity contribution >= 4 is 28.2 Å². The van der Waals surface area contributed by atoms with Gasteiger partial charge < -0.3 is 14.5 Å². The molecule has 3 aromatic carbocycles. The van der Waals surface area contributed by atoms with Gasteiger partial charge >= 0.3 is 6.03 Å². The van der Waals surface area contributed by atoms with Gasteiger partial charge in [-0.3, -0.25) is 10.2 Å². The third kappa shape index (κ3) is 7.94. The van der Waals surface area contributed by atoms with Crippen molar-refractivity contribution in [1.82, 2.24) is 14.8 Å². The Hall–Kier alpha value is -3.72. The first-order chi connectivity index (χ1) is 20.1. The molecule has 4 aromatic rings. The number of thiazole rings is 1. The van der Waals surface area contributed by atoms with Gasteiger partial charge in [0.2, 0.25) is 0 Å². The average molecular weight is 570 g/mol. The number of hydrogen-bond acceptors (Lipinski definition) is 6. The first kappa shape index (κ1) is 28.8. The normalized spacial score (nSPS) is 13.7. The minimum absolute atomic E-state index is 0.109. The van der Waals surface area contributed by atoms with Crippen molar-refractivity contribution < 1.29 is 9.53 Å². The van der Waals surface area contributed by atoms with Crippen LogP contribution < -0.4 is 10.2 Å². The summed E-state index contributed by atoms with van der Waals surface area (Å²) in [5, 5.41) is 5.71. The molecule has 41 heavy (non-hydrogen) atoms. The van der Waals surface area contributed by atoms with E-state index in [1.807, 2.05) is 36.5 Å². The smallest absolute Gasteiger partial charge is 0.323 e. The van der Waals surface area contributed by atoms with Gasteiger partial charge in [0, 0.05) is 69.4 Å². The molecule has 1 saturated heterocycles. The Morgan fingerprint density at radius 1 is 0.927 bits per heavy atom. The molecule has 1 aliphatic heterocycles. The highest BCUT2D eigenvalue weighted by Crippen LogP contribution is 2.29. The lowest BCUT2D eigenvalue weighted by atomic mass is 9.88. The molecule has 0 unspecified atom stereocenters. The number of urea groups is 1. The highest BCUT2D eigenvalue weighted by molar-refractivity contribution is 7.14. The molecule has 8 heteroatoms. The topological polar surface area (TPSA) is 60.9 Å². The minimum Gasteiger partial charge on any atom is -0.379 e. The van der Waals surface area contributed by atoms with Crippen molar-refractivity contribution in [3.05, 3.63) is 101 Å². The summed E-state index contributed by atoms with van der Waals surface area (Å²) in [4.78, 5) is 24.8. The first-order valence-electron chi connectivity index (χ1n) is 14.3. The summed E-state index contributed by atoms with van der Waals surface area (Å²) >= 11 is 1.46. The van der Waals surface area contributed by atoms with E-state index in [-0.39, 0.29) is 11.9 Å². The Balaban J connectivity index is 1.29. The second-order valence-electron chi connectivity index (χ2n) is 10.5. The van der Waals surface area contributed by atoms with Gasteiger partial charge in [-0.2, -0.15) is 0 Å². The monoisotopic (exact) mass is 569 g/mol. The summed E-state index contributed by atoms with van der Waals surface area (Å²) in [5.41, 5.74) is 5.56. The summed E-state index contributed by atoms with van der Waals surface area (Å²) in [5.74, 6) is 0.202. The van der Waals surface area contributed by atoms with Crippen LogP contribution in [0.5, 0.6) is 0 Å². The Labute approximate surface area is 247 Å². The molecule has 7 nitrogen and oxygen atoms in total. The van der Waals surface area contributed by atoms with Crippen LogP contribution in [0.2, 0.25) is 0 Å². The number of amides is 2. The SMILES string of the molecule is CN(C)c1ccc(-c2csc(NC(=O)N(CCC(c3ccccc3)c3ccccc3)CCN3CCOCC3)n2)cc1. The number of anilines is 2. The third-order valence-corrected chi connectivity index (χ3v) is 8.32. The first-order valence-corrected chi connectivity index (χ1v) is 15.1. The van der Waals surface area contributed by atoms with Gasteiger partial charge in [0.15, 0.2) is 5.13 Å². The van der Waals surface area contributed by atoms with Gasteiger partial charge in [-0.1, -0.05) is 72.8 Å². The van der Waals surface area contributed by atoms with Crippen LogP contribution in [0.1, 0.15) is 23.5 Å². The van der Waals surface area contributed by atoms with Gasteiger partial charge in [0.1, 0.15) is 0 Å². The molecule has 1 N–H and O–H groups in total. The van der Waals surface area contributed by atoms with Gasteiger partial charge in [0.05, 0.1) is 18.9 Å². The summed E-state index contributed by atoms with van der Waals surface area (Å²) < 4.78 is 5.52. The summed E-state index contributed by atoms with van der Waals surface area (Å²) in [7, 11) is 4.05. The van der Waals surface area contributed by atoms with Gasteiger partial charge in [-0.05, 0) is 29.7 Å². The largest absolute Gasteiger partial charge is 0.379 e. The number of carbonyl (C=O) groups excluding carboxylic acids is 1. The highest BCUT2D eigenvalue weighted by Gasteiger charge is 2.21. The number of nitrogens with zero attached hydrogens (tertiary/aromatic N) is 4. The molecule has 214 valence electrons. The molecule has 2 amide bonds. The number of nitrogens with one attached hydrogen (secondary N) is 1. The molecule has 0 radical (unpaired) electrons. The van der Waals surface area contributed by atoms with Crippen LogP contribution >= 0.6 is 11.3 Å². The van der Waals surface area contributed by atoms with Crippen molar-refractivity contribution in [2.45, 2.75) is 12.3 Å². The molecule has 0 saturated carbocycles. The third-order valence-electron chi connectivity index (χ3n) is 7.57. The second-order valence-corrected chi connectivity index (χ2v) is 11.4. The Morgan fingerprint density at radius 3 is 2.17 bits per heavy atom. The predicted octanol–water partition coefficient (Wildman–Crippen LogP) is 6.26. The molecule has 1 fully saturated rings. The van der Waals surface area contributed by atoms with Crippen LogP contribution in [-0.2, 0) is 4.74 Å². The van der Waals surface area contributed by atoms with Crippen LogP contribution in [0, 0.1) is 0 Å². The maximum absolute atomic E-state index is 13.7. The van der Waals surface area contributed by atoms with E-state index in [0.717, 1.165) is 56.2 Å². The molecule has 0 bridgehead atoms. The lowest BCUT2D eigenvalue weighted by Gasteiger charge is -2.31. The van der Waals surface area contributed by atoms with E-state index in [1.165, 1.54) is 22.5 Å². The zero-order chi connectivity index (χ0) is 28.4. The van der Waals surface area contributed by atoms with E-state index in [4.69, 9.17) is 9.72 Å². The molecule has 0 atom stereocenters. The second kappa shape index (κ2) is 14.3. The summed E-state index contributed by atoms with van der Waals surface area (Å²) in [6.45, 7) is 5.38. The fourth-order valence-electron chi connectivity index (χ4n) is 5.15. The number of ether oxygens (including phenoxy) is 1. The lowest BCUT2D eigenvalue weighted by molar-refractivity contribution is 0.0351. The summed E-state index contributed by atoms with van der Waals surface area (Å²) in [6, 6.07) is 29.3. The quantitative estimate of drug-likeness (QED) is 0.231. The number of aromatic nitrogens is 1. The van der Waals surface area contributed by atoms with Gasteiger partial charge in [-0.15, -0.1) is 11.3 Å². The summed E-state index contributed by atoms with van der Waals surface area (Å²) in [6.07, 6.45) is 0.825. The van der Waals surface area contributed by atoms with Gasteiger partial charge in [-0.25, -0.2) is 9.78 Å².